The third kappa shape index (κ3) is 2.91. The van der Waals surface area contributed by atoms with Crippen LogP contribution in [0.5, 0.6) is 5.75 Å². The first-order chi connectivity index (χ1) is 9.85. The molecule has 1 aliphatic heterocycles. The molecule has 4 heteroatoms. The van der Waals surface area contributed by atoms with Crippen LogP contribution in [-0.4, -0.2) is 30.1 Å². The number of nitrogens with zero attached hydrogens (tertiary/aromatic N) is 2. The van der Waals surface area contributed by atoms with Crippen molar-refractivity contribution >= 4 is 5.82 Å². The van der Waals surface area contributed by atoms with E-state index in [9.17, 15) is 0 Å². The van der Waals surface area contributed by atoms with Gasteiger partial charge in [0.05, 0.1) is 0 Å². The molecule has 0 radical (unpaired) electrons. The van der Waals surface area contributed by atoms with Crippen molar-refractivity contribution < 1.29 is 4.74 Å². The number of anilines is 1. The maximum Gasteiger partial charge on any atom is 0.125 e. The van der Waals surface area contributed by atoms with Crippen LogP contribution in [0.15, 0.2) is 42.6 Å². The van der Waals surface area contributed by atoms with Crippen LogP contribution < -0.4 is 10.1 Å². The molecule has 104 valence electrons. The van der Waals surface area contributed by atoms with Crippen molar-refractivity contribution in [1.82, 2.24) is 9.88 Å². The largest absolute Gasteiger partial charge is 0.492 e. The van der Waals surface area contributed by atoms with E-state index in [0.29, 0.717) is 0 Å². The molecule has 0 bridgehead atoms. The van der Waals surface area contributed by atoms with Crippen LogP contribution in [0.2, 0.25) is 0 Å². The smallest absolute Gasteiger partial charge is 0.125 e. The minimum absolute atomic E-state index is 0.735. The number of ether oxygens (including phenoxy) is 1. The molecular formula is C16H19N3O. The Hall–Kier alpha value is -2.07. The molecule has 0 saturated heterocycles. The van der Waals surface area contributed by atoms with Gasteiger partial charge in [-0.15, -0.1) is 0 Å². The highest BCUT2D eigenvalue weighted by molar-refractivity contribution is 5.35. The van der Waals surface area contributed by atoms with Gasteiger partial charge in [-0.05, 0) is 17.7 Å². The van der Waals surface area contributed by atoms with Crippen molar-refractivity contribution in [2.75, 3.05) is 25.5 Å². The van der Waals surface area contributed by atoms with Gasteiger partial charge in [-0.1, -0.05) is 24.3 Å². The van der Waals surface area contributed by atoms with Gasteiger partial charge in [-0.2, -0.15) is 0 Å². The van der Waals surface area contributed by atoms with E-state index in [4.69, 9.17) is 4.74 Å². The predicted molar refractivity (Wildman–Crippen MR) is 79.8 cm³/mol. The topological polar surface area (TPSA) is 37.4 Å². The third-order valence-corrected chi connectivity index (χ3v) is 3.52. The molecular weight excluding hydrogens is 250 g/mol. The highest BCUT2D eigenvalue weighted by atomic mass is 16.5. The summed E-state index contributed by atoms with van der Waals surface area (Å²) in [4.78, 5) is 6.75. The molecule has 3 rings (SSSR count). The zero-order valence-corrected chi connectivity index (χ0v) is 11.7. The minimum atomic E-state index is 0.735. The van der Waals surface area contributed by atoms with Crippen LogP contribution in [-0.2, 0) is 13.1 Å². The van der Waals surface area contributed by atoms with Crippen LogP contribution in [0.4, 0.5) is 5.82 Å². The van der Waals surface area contributed by atoms with Gasteiger partial charge < -0.3 is 10.1 Å². The summed E-state index contributed by atoms with van der Waals surface area (Å²) in [6.07, 6.45) is 1.93. The number of hydrogen-bond acceptors (Lipinski definition) is 4. The normalized spacial score (nSPS) is 15.1. The SMILES string of the molecule is CNc1ccc(CN2CCOc3ccccc3C2)cn1. The fraction of sp³-hybridized carbons (Fsp3) is 0.312. The second kappa shape index (κ2) is 5.92. The number of benzene rings is 1. The third-order valence-electron chi connectivity index (χ3n) is 3.52. The van der Waals surface area contributed by atoms with Crippen molar-refractivity contribution in [1.29, 1.82) is 0 Å². The maximum atomic E-state index is 5.79. The Morgan fingerprint density at radius 3 is 2.95 bits per heavy atom. The lowest BCUT2D eigenvalue weighted by Gasteiger charge is -2.19. The molecule has 20 heavy (non-hydrogen) atoms. The molecule has 1 aromatic carbocycles. The van der Waals surface area contributed by atoms with Crippen molar-refractivity contribution in [3.8, 4) is 5.75 Å². The van der Waals surface area contributed by atoms with Crippen LogP contribution in [0, 0.1) is 0 Å². The zero-order chi connectivity index (χ0) is 13.8. The predicted octanol–water partition coefficient (Wildman–Crippen LogP) is 2.52. The van der Waals surface area contributed by atoms with Gasteiger partial charge in [-0.25, -0.2) is 4.98 Å². The highest BCUT2D eigenvalue weighted by Gasteiger charge is 2.14. The van der Waals surface area contributed by atoms with E-state index >= 15 is 0 Å². The fourth-order valence-corrected chi connectivity index (χ4v) is 2.44. The average Bonchev–Trinajstić information content (AvgIpc) is 2.69. The second-order valence-electron chi connectivity index (χ2n) is 4.97. The molecule has 0 atom stereocenters. The van der Waals surface area contributed by atoms with Crippen LogP contribution in [0.25, 0.3) is 0 Å². The van der Waals surface area contributed by atoms with E-state index < -0.39 is 0 Å². The molecule has 0 fully saturated rings. The van der Waals surface area contributed by atoms with Gasteiger partial charge in [0.2, 0.25) is 0 Å². The van der Waals surface area contributed by atoms with Gasteiger partial charge in [0.25, 0.3) is 0 Å². The lowest BCUT2D eigenvalue weighted by Crippen LogP contribution is -2.25. The number of hydrogen-bond donors (Lipinski definition) is 1. The van der Waals surface area contributed by atoms with Crippen molar-refractivity contribution in [2.45, 2.75) is 13.1 Å². The number of rotatable bonds is 3. The molecule has 1 aliphatic rings. The minimum Gasteiger partial charge on any atom is -0.492 e. The summed E-state index contributed by atoms with van der Waals surface area (Å²) < 4.78 is 5.79. The van der Waals surface area contributed by atoms with Crippen molar-refractivity contribution in [3.63, 3.8) is 0 Å². The first-order valence-electron chi connectivity index (χ1n) is 6.91. The van der Waals surface area contributed by atoms with E-state index in [1.54, 1.807) is 0 Å². The van der Waals surface area contributed by atoms with Gasteiger partial charge in [0.1, 0.15) is 18.2 Å². The summed E-state index contributed by atoms with van der Waals surface area (Å²) in [6.45, 7) is 3.49. The Morgan fingerprint density at radius 2 is 2.15 bits per heavy atom. The zero-order valence-electron chi connectivity index (χ0n) is 11.7. The number of aromatic nitrogens is 1. The van der Waals surface area contributed by atoms with Crippen LogP contribution >= 0.6 is 0 Å². The molecule has 0 saturated carbocycles. The molecule has 4 nitrogen and oxygen atoms in total. The average molecular weight is 269 g/mol. The first-order valence-corrected chi connectivity index (χ1v) is 6.91. The van der Waals surface area contributed by atoms with Gasteiger partial charge >= 0.3 is 0 Å². The van der Waals surface area contributed by atoms with Crippen molar-refractivity contribution in [2.24, 2.45) is 0 Å². The Balaban J connectivity index is 1.71. The summed E-state index contributed by atoms with van der Waals surface area (Å²) in [5, 5.41) is 3.04. The molecule has 2 aromatic rings. The Kier molecular flexibility index (Phi) is 3.83. The molecule has 1 N–H and O–H groups in total. The Labute approximate surface area is 119 Å². The van der Waals surface area contributed by atoms with Gasteiger partial charge in [0, 0.05) is 38.4 Å². The van der Waals surface area contributed by atoms with Crippen LogP contribution in [0.1, 0.15) is 11.1 Å². The second-order valence-corrected chi connectivity index (χ2v) is 4.97. The molecule has 2 heterocycles. The number of nitrogens with one attached hydrogen (secondary N) is 1. The van der Waals surface area contributed by atoms with E-state index in [-0.39, 0.29) is 0 Å². The molecule has 0 spiro atoms. The molecule has 0 unspecified atom stereocenters. The summed E-state index contributed by atoms with van der Waals surface area (Å²) >= 11 is 0. The van der Waals surface area contributed by atoms with Crippen molar-refractivity contribution in [3.05, 3.63) is 53.7 Å². The standard InChI is InChI=1S/C16H19N3O/c1-17-16-7-6-13(10-18-16)11-19-8-9-20-15-5-3-2-4-14(15)12-19/h2-7,10H,8-9,11-12H2,1H3,(H,17,18). The van der Waals surface area contributed by atoms with E-state index in [2.05, 4.69) is 33.4 Å². The first kappa shape index (κ1) is 12.9. The fourth-order valence-electron chi connectivity index (χ4n) is 2.44. The van der Waals surface area contributed by atoms with E-state index in [1.807, 2.05) is 31.4 Å². The maximum absolute atomic E-state index is 5.79. The molecule has 0 amide bonds. The molecule has 0 aliphatic carbocycles. The number of para-hydroxylation sites is 1. The summed E-state index contributed by atoms with van der Waals surface area (Å²) in [5.74, 6) is 1.91. The lowest BCUT2D eigenvalue weighted by molar-refractivity contribution is 0.219. The summed E-state index contributed by atoms with van der Waals surface area (Å²) in [7, 11) is 1.88. The quantitative estimate of drug-likeness (QED) is 0.929. The Morgan fingerprint density at radius 1 is 1.25 bits per heavy atom. The lowest BCUT2D eigenvalue weighted by atomic mass is 10.2. The van der Waals surface area contributed by atoms with E-state index in [1.165, 1.54) is 11.1 Å². The monoisotopic (exact) mass is 269 g/mol. The Bertz CT molecular complexity index is 568. The number of pyridine rings is 1. The van der Waals surface area contributed by atoms with E-state index in [0.717, 1.165) is 37.8 Å². The molecule has 1 aromatic heterocycles. The summed E-state index contributed by atoms with van der Waals surface area (Å²) in [5.41, 5.74) is 2.48. The van der Waals surface area contributed by atoms with Gasteiger partial charge in [0.15, 0.2) is 0 Å². The summed E-state index contributed by atoms with van der Waals surface area (Å²) in [6, 6.07) is 12.4. The van der Waals surface area contributed by atoms with Crippen LogP contribution in [0.3, 0.4) is 0 Å². The number of fused-ring (bicyclic) bond motifs is 1. The van der Waals surface area contributed by atoms with Gasteiger partial charge in [-0.3, -0.25) is 4.90 Å². The highest BCUT2D eigenvalue weighted by Crippen LogP contribution is 2.23.